The van der Waals surface area contributed by atoms with Crippen LogP contribution in [0.15, 0.2) is 66.7 Å². The molecule has 0 fully saturated rings. The molecule has 3 N–H and O–H groups in total. The first-order valence-corrected chi connectivity index (χ1v) is 7.59. The maximum absolute atomic E-state index is 12.9. The van der Waals surface area contributed by atoms with E-state index in [4.69, 9.17) is 5.73 Å². The van der Waals surface area contributed by atoms with Crippen LogP contribution < -0.4 is 11.1 Å². The topological polar surface area (TPSA) is 72.2 Å². The molecule has 24 heavy (non-hydrogen) atoms. The van der Waals surface area contributed by atoms with Gasteiger partial charge in [-0.2, -0.15) is 0 Å². The molecule has 116 valence electrons. The minimum atomic E-state index is -0.140. The van der Waals surface area contributed by atoms with Crippen LogP contribution >= 0.6 is 0 Å². The highest BCUT2D eigenvalue weighted by molar-refractivity contribution is 6.30. The molecule has 0 amide bonds. The second kappa shape index (κ2) is 5.35. The van der Waals surface area contributed by atoms with E-state index in [9.17, 15) is 9.59 Å². The van der Waals surface area contributed by atoms with E-state index in [2.05, 4.69) is 5.32 Å². The molecule has 0 saturated carbocycles. The number of nitrogens with one attached hydrogen (secondary N) is 1. The van der Waals surface area contributed by atoms with Gasteiger partial charge in [0.05, 0.1) is 11.3 Å². The van der Waals surface area contributed by atoms with Crippen LogP contribution in [0.4, 0.5) is 17.1 Å². The number of benzene rings is 3. The standard InChI is InChI=1S/C20H14N2O2/c21-12-8-10-13(11-9-12)22-17-7-3-6-16-18(17)20(24)15-5-2-1-4-14(15)19(16)23/h1-11,22H,21H2. The van der Waals surface area contributed by atoms with E-state index < -0.39 is 0 Å². The van der Waals surface area contributed by atoms with Crippen LogP contribution in [-0.2, 0) is 0 Å². The Hall–Kier alpha value is -3.40. The summed E-state index contributed by atoms with van der Waals surface area (Å²) in [5.74, 6) is -0.264. The summed E-state index contributed by atoms with van der Waals surface area (Å²) in [6.45, 7) is 0. The van der Waals surface area contributed by atoms with E-state index in [1.165, 1.54) is 0 Å². The average Bonchev–Trinajstić information content (AvgIpc) is 2.61. The van der Waals surface area contributed by atoms with Gasteiger partial charge < -0.3 is 11.1 Å². The quantitative estimate of drug-likeness (QED) is 0.552. The van der Waals surface area contributed by atoms with Crippen molar-refractivity contribution in [3.05, 3.63) is 89.0 Å². The number of nitrogens with two attached hydrogens (primary N) is 1. The number of hydrogen-bond donors (Lipinski definition) is 2. The summed E-state index contributed by atoms with van der Waals surface area (Å²) in [4.78, 5) is 25.6. The van der Waals surface area contributed by atoms with E-state index in [1.54, 1.807) is 54.6 Å². The first-order chi connectivity index (χ1) is 11.6. The highest BCUT2D eigenvalue weighted by Gasteiger charge is 2.31. The van der Waals surface area contributed by atoms with Gasteiger partial charge in [-0.25, -0.2) is 0 Å². The summed E-state index contributed by atoms with van der Waals surface area (Å²) in [5, 5.41) is 3.21. The second-order valence-electron chi connectivity index (χ2n) is 5.68. The Kier molecular flexibility index (Phi) is 3.17. The Morgan fingerprint density at radius 2 is 1.29 bits per heavy atom. The monoisotopic (exact) mass is 314 g/mol. The summed E-state index contributed by atoms with van der Waals surface area (Å²) in [6.07, 6.45) is 0. The SMILES string of the molecule is Nc1ccc(Nc2cccc3c2C(=O)c2ccccc2C3=O)cc1. The van der Waals surface area contributed by atoms with Gasteiger partial charge in [0.2, 0.25) is 0 Å². The zero-order chi connectivity index (χ0) is 16.7. The molecule has 0 saturated heterocycles. The van der Waals surface area contributed by atoms with Crippen molar-refractivity contribution < 1.29 is 9.59 Å². The molecule has 0 atom stereocenters. The Morgan fingerprint density at radius 1 is 0.667 bits per heavy atom. The zero-order valence-corrected chi connectivity index (χ0v) is 12.7. The van der Waals surface area contributed by atoms with Crippen LogP contribution in [0.3, 0.4) is 0 Å². The van der Waals surface area contributed by atoms with Gasteiger partial charge in [0.15, 0.2) is 11.6 Å². The molecule has 0 heterocycles. The van der Waals surface area contributed by atoms with Gasteiger partial charge >= 0.3 is 0 Å². The Morgan fingerprint density at radius 3 is 2.00 bits per heavy atom. The van der Waals surface area contributed by atoms with Crippen LogP contribution in [0, 0.1) is 0 Å². The fourth-order valence-corrected chi connectivity index (χ4v) is 2.97. The van der Waals surface area contributed by atoms with E-state index in [-0.39, 0.29) is 11.6 Å². The third kappa shape index (κ3) is 2.16. The number of hydrogen-bond acceptors (Lipinski definition) is 4. The lowest BCUT2D eigenvalue weighted by Crippen LogP contribution is -2.22. The number of carbonyl (C=O) groups is 2. The van der Waals surface area contributed by atoms with Gasteiger partial charge in [-0.1, -0.05) is 36.4 Å². The lowest BCUT2D eigenvalue weighted by atomic mass is 9.83. The molecule has 4 nitrogen and oxygen atoms in total. The normalized spacial score (nSPS) is 12.5. The Bertz CT molecular complexity index is 975. The number of rotatable bonds is 2. The highest BCUT2D eigenvalue weighted by atomic mass is 16.1. The van der Waals surface area contributed by atoms with Crippen molar-refractivity contribution in [2.45, 2.75) is 0 Å². The lowest BCUT2D eigenvalue weighted by molar-refractivity contribution is 0.0979. The molecule has 4 heteroatoms. The summed E-state index contributed by atoms with van der Waals surface area (Å²) in [5.41, 5.74) is 9.53. The van der Waals surface area contributed by atoms with Gasteiger partial charge in [0.1, 0.15) is 0 Å². The van der Waals surface area contributed by atoms with Crippen LogP contribution in [0.2, 0.25) is 0 Å². The fourth-order valence-electron chi connectivity index (χ4n) is 2.97. The average molecular weight is 314 g/mol. The Labute approximate surface area is 138 Å². The van der Waals surface area contributed by atoms with E-state index >= 15 is 0 Å². The largest absolute Gasteiger partial charge is 0.399 e. The van der Waals surface area contributed by atoms with Crippen molar-refractivity contribution in [3.63, 3.8) is 0 Å². The highest BCUT2D eigenvalue weighted by Crippen LogP contribution is 2.33. The van der Waals surface area contributed by atoms with E-state index in [0.29, 0.717) is 33.6 Å². The van der Waals surface area contributed by atoms with Crippen molar-refractivity contribution in [2.75, 3.05) is 11.1 Å². The van der Waals surface area contributed by atoms with E-state index in [0.717, 1.165) is 5.69 Å². The van der Waals surface area contributed by atoms with Crippen LogP contribution in [0.25, 0.3) is 0 Å². The third-order valence-electron chi connectivity index (χ3n) is 4.14. The van der Waals surface area contributed by atoms with Crippen molar-refractivity contribution in [1.29, 1.82) is 0 Å². The number of carbonyl (C=O) groups excluding carboxylic acids is 2. The lowest BCUT2D eigenvalue weighted by Gasteiger charge is -2.20. The molecule has 3 aromatic rings. The van der Waals surface area contributed by atoms with Crippen LogP contribution in [0.5, 0.6) is 0 Å². The molecule has 3 aromatic carbocycles. The number of fused-ring (bicyclic) bond motifs is 2. The summed E-state index contributed by atoms with van der Waals surface area (Å²) in [6, 6.07) is 19.4. The summed E-state index contributed by atoms with van der Waals surface area (Å²) >= 11 is 0. The number of nitrogen functional groups attached to an aromatic ring is 1. The van der Waals surface area contributed by atoms with Crippen LogP contribution in [0.1, 0.15) is 31.8 Å². The van der Waals surface area contributed by atoms with Gasteiger partial charge in [0, 0.05) is 28.1 Å². The first kappa shape index (κ1) is 14.2. The maximum atomic E-state index is 12.9. The summed E-state index contributed by atoms with van der Waals surface area (Å²) in [7, 11) is 0. The predicted octanol–water partition coefficient (Wildman–Crippen LogP) is 3.79. The van der Waals surface area contributed by atoms with E-state index in [1.807, 2.05) is 12.1 Å². The second-order valence-corrected chi connectivity index (χ2v) is 5.68. The molecule has 0 radical (unpaired) electrons. The third-order valence-corrected chi connectivity index (χ3v) is 4.14. The van der Waals surface area contributed by atoms with Gasteiger partial charge in [-0.05, 0) is 30.3 Å². The Balaban J connectivity index is 1.83. The molecule has 0 spiro atoms. The molecule has 0 bridgehead atoms. The molecular weight excluding hydrogens is 300 g/mol. The molecule has 0 aliphatic heterocycles. The predicted molar refractivity (Wildman–Crippen MR) is 93.9 cm³/mol. The molecule has 0 aromatic heterocycles. The zero-order valence-electron chi connectivity index (χ0n) is 12.7. The molecule has 1 aliphatic carbocycles. The van der Waals surface area contributed by atoms with Crippen LogP contribution in [-0.4, -0.2) is 11.6 Å². The minimum Gasteiger partial charge on any atom is -0.399 e. The molecule has 0 unspecified atom stereocenters. The molecule has 1 aliphatic rings. The van der Waals surface area contributed by atoms with Gasteiger partial charge in [-0.3, -0.25) is 9.59 Å². The van der Waals surface area contributed by atoms with Crippen molar-refractivity contribution in [1.82, 2.24) is 0 Å². The first-order valence-electron chi connectivity index (χ1n) is 7.59. The van der Waals surface area contributed by atoms with Crippen molar-refractivity contribution >= 4 is 28.6 Å². The molecule has 4 rings (SSSR count). The van der Waals surface area contributed by atoms with Gasteiger partial charge in [0.25, 0.3) is 0 Å². The van der Waals surface area contributed by atoms with Crippen molar-refractivity contribution in [3.8, 4) is 0 Å². The fraction of sp³-hybridized carbons (Fsp3) is 0. The number of ketones is 2. The maximum Gasteiger partial charge on any atom is 0.196 e. The minimum absolute atomic E-state index is 0.124. The molecular formula is C20H14N2O2. The smallest absolute Gasteiger partial charge is 0.196 e. The summed E-state index contributed by atoms with van der Waals surface area (Å²) < 4.78 is 0. The van der Waals surface area contributed by atoms with Gasteiger partial charge in [-0.15, -0.1) is 0 Å². The van der Waals surface area contributed by atoms with Crippen molar-refractivity contribution in [2.24, 2.45) is 0 Å². The number of anilines is 3.